The summed E-state index contributed by atoms with van der Waals surface area (Å²) < 4.78 is 19.6. The van der Waals surface area contributed by atoms with Gasteiger partial charge in [-0.05, 0) is 74.5 Å². The van der Waals surface area contributed by atoms with Gasteiger partial charge in [0.2, 0.25) is 5.13 Å². The Morgan fingerprint density at radius 3 is 2.74 bits per heavy atom. The van der Waals surface area contributed by atoms with Crippen LogP contribution in [0, 0.1) is 24.2 Å². The van der Waals surface area contributed by atoms with E-state index in [0.717, 1.165) is 21.9 Å². The highest BCUT2D eigenvalue weighted by atomic mass is 35.5. The van der Waals surface area contributed by atoms with E-state index in [0.29, 0.717) is 39.7 Å². The van der Waals surface area contributed by atoms with E-state index < -0.39 is 7.12 Å². The van der Waals surface area contributed by atoms with E-state index in [2.05, 4.69) is 31.0 Å². The number of ketones is 1. The highest BCUT2D eigenvalue weighted by molar-refractivity contribution is 8.02. The first-order valence-electron chi connectivity index (χ1n) is 11.9. The molecule has 7 nitrogen and oxygen atoms in total. The fourth-order valence-corrected chi connectivity index (χ4v) is 8.78. The van der Waals surface area contributed by atoms with Crippen molar-refractivity contribution < 1.29 is 18.8 Å². The van der Waals surface area contributed by atoms with Gasteiger partial charge in [-0.2, -0.15) is 0 Å². The van der Waals surface area contributed by atoms with Crippen LogP contribution in [0.1, 0.15) is 62.0 Å². The second-order valence-electron chi connectivity index (χ2n) is 10.7. The van der Waals surface area contributed by atoms with Gasteiger partial charge in [0.05, 0.1) is 34.6 Å². The predicted octanol–water partition coefficient (Wildman–Crippen LogP) is 5.26. The first-order chi connectivity index (χ1) is 16.5. The van der Waals surface area contributed by atoms with Crippen molar-refractivity contribution in [3.8, 4) is 5.75 Å². The number of nitrogen functional groups attached to an aromatic ring is 1. The molecule has 0 amide bonds. The number of carbonyl (C=O) groups is 1. The van der Waals surface area contributed by atoms with Crippen molar-refractivity contribution in [2.75, 3.05) is 12.8 Å². The van der Waals surface area contributed by atoms with Crippen LogP contribution in [0.2, 0.25) is 5.02 Å². The minimum absolute atomic E-state index is 0.0696. The van der Waals surface area contributed by atoms with Crippen molar-refractivity contribution in [1.29, 1.82) is 0 Å². The van der Waals surface area contributed by atoms with Crippen LogP contribution in [-0.2, 0) is 15.7 Å². The molecule has 3 unspecified atom stereocenters. The lowest BCUT2D eigenvalue weighted by atomic mass is 9.43. The first kappa shape index (κ1) is 25.3. The summed E-state index contributed by atoms with van der Waals surface area (Å²) in [6.07, 6.45) is 2.85. The maximum atomic E-state index is 12.5. The van der Waals surface area contributed by atoms with Crippen molar-refractivity contribution in [1.82, 2.24) is 10.2 Å². The number of aromatic nitrogens is 2. The summed E-state index contributed by atoms with van der Waals surface area (Å²) in [6, 6.07) is 1.88. The lowest BCUT2D eigenvalue weighted by Crippen LogP contribution is -2.65. The number of hydrogen-bond donors (Lipinski definition) is 1. The van der Waals surface area contributed by atoms with Crippen molar-refractivity contribution in [2.24, 2.45) is 17.3 Å². The summed E-state index contributed by atoms with van der Waals surface area (Å²) in [4.78, 5) is 12.5. The number of anilines is 1. The van der Waals surface area contributed by atoms with Crippen molar-refractivity contribution in [3.05, 3.63) is 27.8 Å². The molecule has 2 aromatic rings. The molecule has 1 aromatic carbocycles. The fraction of sp³-hybridized carbons (Fsp3) is 0.625. The Kier molecular flexibility index (Phi) is 6.44. The molecule has 2 bridgehead atoms. The predicted molar refractivity (Wildman–Crippen MR) is 141 cm³/mol. The molecule has 35 heavy (non-hydrogen) atoms. The number of ether oxygens (including phenoxy) is 1. The van der Waals surface area contributed by atoms with Gasteiger partial charge >= 0.3 is 7.12 Å². The highest BCUT2D eigenvalue weighted by Crippen LogP contribution is 2.66. The Balaban J connectivity index is 1.48. The Hall–Kier alpha value is -1.33. The molecule has 6 rings (SSSR count). The number of halogens is 1. The maximum absolute atomic E-state index is 12.5. The van der Waals surface area contributed by atoms with E-state index in [9.17, 15) is 4.79 Å². The second kappa shape index (κ2) is 8.90. The third-order valence-electron chi connectivity index (χ3n) is 8.53. The lowest BCUT2D eigenvalue weighted by molar-refractivity contribution is -0.199. The molecule has 4 fully saturated rings. The summed E-state index contributed by atoms with van der Waals surface area (Å²) >= 11 is 9.45. The number of Topliss-reactive ketones (excluding diaryl/α,β-unsaturated/α-hetero) is 1. The third-order valence-corrected chi connectivity index (χ3v) is 10.9. The molecule has 1 saturated heterocycles. The third kappa shape index (κ3) is 4.09. The molecular formula is C24H31BClN3O4S2. The van der Waals surface area contributed by atoms with E-state index in [-0.39, 0.29) is 28.1 Å². The van der Waals surface area contributed by atoms with Crippen LogP contribution in [0.3, 0.4) is 0 Å². The second-order valence-corrected chi connectivity index (χ2v) is 13.6. The normalized spacial score (nSPS) is 29.5. The average Bonchev–Trinajstić information content (AvgIpc) is 3.36. The zero-order chi connectivity index (χ0) is 25.3. The number of thioether (sulfide) groups is 1. The number of methoxy groups -OCH3 is 1. The van der Waals surface area contributed by atoms with Crippen LogP contribution in [0.4, 0.5) is 5.13 Å². The minimum atomic E-state index is -0.434. The Morgan fingerprint density at radius 2 is 2.14 bits per heavy atom. The summed E-state index contributed by atoms with van der Waals surface area (Å²) in [5.41, 5.74) is 8.11. The molecule has 5 atom stereocenters. The number of nitrogens with zero attached hydrogens (tertiary/aromatic N) is 2. The van der Waals surface area contributed by atoms with Crippen molar-refractivity contribution in [3.63, 3.8) is 0 Å². The van der Waals surface area contributed by atoms with Crippen molar-refractivity contribution >= 4 is 52.7 Å². The zero-order valence-electron chi connectivity index (χ0n) is 20.9. The lowest BCUT2D eigenvalue weighted by Gasteiger charge is -2.64. The largest absolute Gasteiger partial charge is 0.494 e. The molecule has 2 heterocycles. The molecule has 0 radical (unpaired) electrons. The molecule has 1 aliphatic heterocycles. The van der Waals surface area contributed by atoms with Gasteiger partial charge in [0.25, 0.3) is 0 Å². The molecule has 1 aromatic heterocycles. The van der Waals surface area contributed by atoms with Gasteiger partial charge in [0.15, 0.2) is 10.1 Å². The van der Waals surface area contributed by atoms with Gasteiger partial charge in [0.1, 0.15) is 5.75 Å². The summed E-state index contributed by atoms with van der Waals surface area (Å²) in [5, 5.41) is 8.92. The standard InChI is InChI=1S/C24H31BClN3O4S2/c1-11-13(7-15(26)20(31-6)19(11)12(2)30)8-18(34-22-29-28-21(27)35-22)25-32-17-10-14-9-16(23(14,3)4)24(17,5)33-25/h7,14,16-18H,8-10H2,1-6H3,(H2,27,28)/t14?,16?,17?,18-,24-/m0/s1. The maximum Gasteiger partial charge on any atom is 0.472 e. The smallest absolute Gasteiger partial charge is 0.472 e. The number of carbonyl (C=O) groups excluding carboxylic acids is 1. The molecule has 3 aliphatic carbocycles. The molecule has 2 N–H and O–H groups in total. The van der Waals surface area contributed by atoms with E-state index in [4.69, 9.17) is 31.4 Å². The van der Waals surface area contributed by atoms with Gasteiger partial charge in [0, 0.05) is 0 Å². The van der Waals surface area contributed by atoms with Gasteiger partial charge in [-0.3, -0.25) is 4.79 Å². The van der Waals surface area contributed by atoms with Crippen molar-refractivity contribution in [2.45, 2.75) is 75.1 Å². The van der Waals surface area contributed by atoms with Gasteiger partial charge in [-0.15, -0.1) is 10.2 Å². The molecule has 4 aliphatic rings. The SMILES string of the molecule is COc1c(Cl)cc(C[C@H](Sc2nnc(N)s2)B2OC3CC4CC(C4(C)C)[C@]3(C)O2)c(C)c1C(C)=O. The van der Waals surface area contributed by atoms with Crippen LogP contribution in [0.5, 0.6) is 5.75 Å². The van der Waals surface area contributed by atoms with Gasteiger partial charge in [-0.1, -0.05) is 48.5 Å². The van der Waals surface area contributed by atoms with E-state index in [1.165, 1.54) is 31.8 Å². The highest BCUT2D eigenvalue weighted by Gasteiger charge is 2.68. The number of nitrogens with two attached hydrogens (primary N) is 1. The van der Waals surface area contributed by atoms with E-state index in [1.807, 2.05) is 13.0 Å². The van der Waals surface area contributed by atoms with Crippen LogP contribution < -0.4 is 10.5 Å². The molecule has 0 spiro atoms. The van der Waals surface area contributed by atoms with Crippen LogP contribution >= 0.6 is 34.7 Å². The van der Waals surface area contributed by atoms with Crippen LogP contribution in [0.25, 0.3) is 0 Å². The number of rotatable bonds is 7. The fourth-order valence-electron chi connectivity index (χ4n) is 6.48. The minimum Gasteiger partial charge on any atom is -0.494 e. The topological polar surface area (TPSA) is 96.6 Å². The molecule has 188 valence electrons. The summed E-state index contributed by atoms with van der Waals surface area (Å²) in [7, 11) is 1.09. The quantitative estimate of drug-likeness (QED) is 0.291. The molecule has 3 saturated carbocycles. The molecule has 11 heteroatoms. The summed E-state index contributed by atoms with van der Waals surface area (Å²) in [5.74, 6) is 1.46. The first-order valence-corrected chi connectivity index (χ1v) is 14.0. The zero-order valence-corrected chi connectivity index (χ0v) is 23.3. The number of benzene rings is 1. The van der Waals surface area contributed by atoms with Gasteiger partial charge < -0.3 is 19.8 Å². The monoisotopic (exact) mass is 535 g/mol. The number of hydrogen-bond acceptors (Lipinski definition) is 9. The Bertz CT molecular complexity index is 1180. The van der Waals surface area contributed by atoms with Crippen LogP contribution in [-0.4, -0.2) is 47.1 Å². The molecular weight excluding hydrogens is 505 g/mol. The Morgan fingerprint density at radius 1 is 1.40 bits per heavy atom. The summed E-state index contributed by atoms with van der Waals surface area (Å²) in [6.45, 7) is 10.4. The Labute approximate surface area is 220 Å². The average molecular weight is 536 g/mol. The van der Waals surface area contributed by atoms with E-state index in [1.54, 1.807) is 11.8 Å². The van der Waals surface area contributed by atoms with E-state index >= 15 is 0 Å². The van der Waals surface area contributed by atoms with Gasteiger partial charge in [-0.25, -0.2) is 0 Å². The van der Waals surface area contributed by atoms with Crippen LogP contribution in [0.15, 0.2) is 10.4 Å².